The number of carbonyl (C=O) groups excluding carboxylic acids is 2. The topological polar surface area (TPSA) is 113 Å². The van der Waals surface area contributed by atoms with Crippen LogP contribution in [0.5, 0.6) is 5.75 Å². The van der Waals surface area contributed by atoms with Crippen LogP contribution in [-0.4, -0.2) is 28.1 Å². The van der Waals surface area contributed by atoms with Crippen molar-refractivity contribution in [2.24, 2.45) is 0 Å². The summed E-state index contributed by atoms with van der Waals surface area (Å²) in [6.45, 7) is 1.40. The third-order valence-corrected chi connectivity index (χ3v) is 3.72. The van der Waals surface area contributed by atoms with E-state index in [-0.39, 0.29) is 11.4 Å². The first-order valence-corrected chi connectivity index (χ1v) is 7.96. The molecule has 0 unspecified atom stereocenters. The Hall–Kier alpha value is -3.75. The van der Waals surface area contributed by atoms with Crippen LogP contribution in [0.4, 0.5) is 4.39 Å². The largest absolute Gasteiger partial charge is 0.478 e. The SMILES string of the molecule is C[C@H](Oc1ccccc1F)C(=O)NNC(=O)c1n[nH]c(=O)c2ccccc12. The molecular formula is C18H15FN4O4. The lowest BCUT2D eigenvalue weighted by atomic mass is 10.1. The predicted molar refractivity (Wildman–Crippen MR) is 94.5 cm³/mol. The molecule has 1 atom stereocenters. The molecule has 0 saturated heterocycles. The molecule has 0 aliphatic heterocycles. The Labute approximate surface area is 152 Å². The highest BCUT2D eigenvalue weighted by Gasteiger charge is 2.19. The predicted octanol–water partition coefficient (Wildman–Crippen LogP) is 1.29. The van der Waals surface area contributed by atoms with Gasteiger partial charge in [-0.3, -0.25) is 25.2 Å². The number of benzene rings is 2. The third kappa shape index (κ3) is 3.92. The zero-order valence-corrected chi connectivity index (χ0v) is 14.2. The Morgan fingerprint density at radius 1 is 1.07 bits per heavy atom. The highest BCUT2D eigenvalue weighted by atomic mass is 19.1. The summed E-state index contributed by atoms with van der Waals surface area (Å²) < 4.78 is 18.8. The second kappa shape index (κ2) is 7.65. The first kappa shape index (κ1) is 18.1. The van der Waals surface area contributed by atoms with Gasteiger partial charge in [0.25, 0.3) is 17.4 Å². The minimum Gasteiger partial charge on any atom is -0.478 e. The molecule has 0 spiro atoms. The molecule has 0 fully saturated rings. The Morgan fingerprint density at radius 3 is 2.48 bits per heavy atom. The maximum atomic E-state index is 13.6. The molecule has 3 rings (SSSR count). The van der Waals surface area contributed by atoms with E-state index in [1.807, 2.05) is 0 Å². The molecule has 1 aromatic heterocycles. The molecule has 3 N–H and O–H groups in total. The van der Waals surface area contributed by atoms with Crippen LogP contribution in [-0.2, 0) is 4.79 Å². The normalized spacial score (nSPS) is 11.6. The molecule has 2 aromatic carbocycles. The second-order valence-electron chi connectivity index (χ2n) is 5.58. The van der Waals surface area contributed by atoms with Crippen molar-refractivity contribution in [1.82, 2.24) is 21.0 Å². The van der Waals surface area contributed by atoms with Crippen molar-refractivity contribution in [3.8, 4) is 5.75 Å². The molecule has 1 heterocycles. The van der Waals surface area contributed by atoms with E-state index in [9.17, 15) is 18.8 Å². The molecule has 3 aromatic rings. The maximum absolute atomic E-state index is 13.6. The summed E-state index contributed by atoms with van der Waals surface area (Å²) in [4.78, 5) is 36.1. The van der Waals surface area contributed by atoms with Crippen molar-refractivity contribution >= 4 is 22.6 Å². The molecule has 0 aliphatic rings. The van der Waals surface area contributed by atoms with E-state index in [2.05, 4.69) is 21.0 Å². The number of hydrogen-bond acceptors (Lipinski definition) is 5. The third-order valence-electron chi connectivity index (χ3n) is 3.72. The minimum absolute atomic E-state index is 0.0619. The van der Waals surface area contributed by atoms with Crippen molar-refractivity contribution in [2.75, 3.05) is 0 Å². The van der Waals surface area contributed by atoms with E-state index in [0.717, 1.165) is 0 Å². The highest BCUT2D eigenvalue weighted by molar-refractivity contribution is 6.05. The second-order valence-corrected chi connectivity index (χ2v) is 5.58. The highest BCUT2D eigenvalue weighted by Crippen LogP contribution is 2.17. The Morgan fingerprint density at radius 2 is 1.74 bits per heavy atom. The summed E-state index contributed by atoms with van der Waals surface area (Å²) in [6, 6.07) is 12.1. The van der Waals surface area contributed by atoms with Gasteiger partial charge in [-0.05, 0) is 25.1 Å². The number of nitrogens with zero attached hydrogens (tertiary/aromatic N) is 1. The van der Waals surface area contributed by atoms with Crippen LogP contribution in [0.25, 0.3) is 10.8 Å². The molecule has 0 radical (unpaired) electrons. The van der Waals surface area contributed by atoms with Crippen LogP contribution in [0.2, 0.25) is 0 Å². The summed E-state index contributed by atoms with van der Waals surface area (Å²) in [5.74, 6) is -2.11. The number of rotatable bonds is 4. The lowest BCUT2D eigenvalue weighted by molar-refractivity contribution is -0.128. The Kier molecular flexibility index (Phi) is 5.11. The molecule has 0 saturated carbocycles. The van der Waals surface area contributed by atoms with Crippen molar-refractivity contribution in [3.05, 3.63) is 70.4 Å². The number of amides is 2. The first-order valence-electron chi connectivity index (χ1n) is 7.96. The van der Waals surface area contributed by atoms with Crippen molar-refractivity contribution in [2.45, 2.75) is 13.0 Å². The van der Waals surface area contributed by atoms with E-state index in [1.54, 1.807) is 30.3 Å². The lowest BCUT2D eigenvalue weighted by Crippen LogP contribution is -2.47. The average Bonchev–Trinajstić information content (AvgIpc) is 2.68. The number of nitrogens with one attached hydrogen (secondary N) is 3. The van der Waals surface area contributed by atoms with E-state index in [0.29, 0.717) is 10.8 Å². The molecule has 0 bridgehead atoms. The van der Waals surface area contributed by atoms with E-state index in [4.69, 9.17) is 4.74 Å². The van der Waals surface area contributed by atoms with Crippen LogP contribution in [0.3, 0.4) is 0 Å². The number of para-hydroxylation sites is 1. The van der Waals surface area contributed by atoms with Gasteiger partial charge in [0, 0.05) is 5.39 Å². The van der Waals surface area contributed by atoms with Crippen LogP contribution in [0.1, 0.15) is 17.4 Å². The van der Waals surface area contributed by atoms with E-state index >= 15 is 0 Å². The Bertz CT molecular complexity index is 1070. The fourth-order valence-corrected chi connectivity index (χ4v) is 2.35. The number of carbonyl (C=O) groups is 2. The number of ether oxygens (including phenoxy) is 1. The summed E-state index contributed by atoms with van der Waals surface area (Å²) >= 11 is 0. The number of aromatic amines is 1. The number of hydrogen-bond donors (Lipinski definition) is 3. The van der Waals surface area contributed by atoms with Gasteiger partial charge in [-0.25, -0.2) is 9.49 Å². The standard InChI is InChI=1S/C18H15FN4O4/c1-10(27-14-9-5-4-8-13(14)19)16(24)21-23-18(26)15-11-6-2-3-7-12(11)17(25)22-20-15/h2-10H,1H3,(H,21,24)(H,22,25)(H,23,26)/t10-/m0/s1. The first-order chi connectivity index (χ1) is 13.0. The fraction of sp³-hybridized carbons (Fsp3) is 0.111. The number of aromatic nitrogens is 2. The minimum atomic E-state index is -1.07. The van der Waals surface area contributed by atoms with E-state index < -0.39 is 29.3 Å². The zero-order chi connectivity index (χ0) is 19.4. The summed E-state index contributed by atoms with van der Waals surface area (Å²) in [5, 5.41) is 6.58. The van der Waals surface area contributed by atoms with Gasteiger partial charge < -0.3 is 4.74 Å². The van der Waals surface area contributed by atoms with Crippen molar-refractivity contribution in [3.63, 3.8) is 0 Å². The summed E-state index contributed by atoms with van der Waals surface area (Å²) in [5.41, 5.74) is 3.88. The molecule has 0 aliphatic carbocycles. The van der Waals surface area contributed by atoms with Crippen LogP contribution < -0.4 is 21.1 Å². The number of H-pyrrole nitrogens is 1. The molecule has 138 valence electrons. The summed E-state index contributed by atoms with van der Waals surface area (Å²) in [6.07, 6.45) is -1.07. The number of hydrazine groups is 1. The van der Waals surface area contributed by atoms with Gasteiger partial charge in [0.05, 0.1) is 5.39 Å². The quantitative estimate of drug-likeness (QED) is 0.599. The van der Waals surface area contributed by atoms with Gasteiger partial charge >= 0.3 is 0 Å². The zero-order valence-electron chi connectivity index (χ0n) is 14.2. The van der Waals surface area contributed by atoms with Crippen molar-refractivity contribution in [1.29, 1.82) is 0 Å². The summed E-state index contributed by atoms with van der Waals surface area (Å²) in [7, 11) is 0. The maximum Gasteiger partial charge on any atom is 0.290 e. The molecule has 2 amide bonds. The molecule has 8 nitrogen and oxygen atoms in total. The van der Waals surface area contributed by atoms with Crippen molar-refractivity contribution < 1.29 is 18.7 Å². The molecule has 9 heteroatoms. The van der Waals surface area contributed by atoms with Crippen LogP contribution in [0, 0.1) is 5.82 Å². The Balaban J connectivity index is 1.67. The monoisotopic (exact) mass is 370 g/mol. The molecular weight excluding hydrogens is 355 g/mol. The fourth-order valence-electron chi connectivity index (χ4n) is 2.35. The number of halogens is 1. The smallest absolute Gasteiger partial charge is 0.290 e. The average molecular weight is 370 g/mol. The molecule has 27 heavy (non-hydrogen) atoms. The van der Waals surface area contributed by atoms with Gasteiger partial charge in [0.1, 0.15) is 0 Å². The van der Waals surface area contributed by atoms with Crippen LogP contribution >= 0.6 is 0 Å². The lowest BCUT2D eigenvalue weighted by Gasteiger charge is -2.15. The van der Waals surface area contributed by atoms with Gasteiger partial charge in [0.15, 0.2) is 23.4 Å². The van der Waals surface area contributed by atoms with Crippen LogP contribution in [0.15, 0.2) is 53.3 Å². The number of fused-ring (bicyclic) bond motifs is 1. The van der Waals surface area contributed by atoms with Gasteiger partial charge in [-0.2, -0.15) is 5.10 Å². The van der Waals surface area contributed by atoms with Gasteiger partial charge in [-0.15, -0.1) is 0 Å². The van der Waals surface area contributed by atoms with Gasteiger partial charge in [-0.1, -0.05) is 30.3 Å². The van der Waals surface area contributed by atoms with E-state index in [1.165, 1.54) is 25.1 Å². The van der Waals surface area contributed by atoms with Gasteiger partial charge in [0.2, 0.25) is 0 Å².